The number of alkyl halides is 6. The summed E-state index contributed by atoms with van der Waals surface area (Å²) in [4.78, 5) is 108. The minimum Gasteiger partial charge on any atom is -0.460 e. The molecule has 0 saturated carbocycles. The highest BCUT2D eigenvalue weighted by Crippen LogP contribution is 2.38. The number of carbonyl (C=O) groups excluding carboxylic acids is 3. The van der Waals surface area contributed by atoms with Gasteiger partial charge in [-0.05, 0) is 40.0 Å². The van der Waals surface area contributed by atoms with E-state index in [-0.39, 0.29) is 102 Å². The Morgan fingerprint density at radius 1 is 0.495 bits per heavy atom. The van der Waals surface area contributed by atoms with E-state index in [1.165, 1.54) is 68.0 Å². The SMILES string of the molecule is C.C.[C-]#[N+]Cc1nc(CC)sc1-c1csc(CC(=O)C2CN(c3ncc(C(F)(F)F)cn3)C2)n1.[C-]#[N+]Cc1nc(CC)sc1-c1csc(CC(=O)OC(C)(C)C)n1.[C-]#[N+]Cc1nc(CC)sc1-c1csc(N)n1.[C-]#[N+]Cc1nc(CO)sc1-c1csc(CC(=O)C2CN(c3ncc(C(F)(F)F)cn3)C2)n1. The summed E-state index contributed by atoms with van der Waals surface area (Å²) in [6.07, 6.45) is -3.00. The van der Waals surface area contributed by atoms with Crippen LogP contribution in [0, 0.1) is 38.1 Å². The molecule has 0 aliphatic carbocycles. The van der Waals surface area contributed by atoms with Crippen molar-refractivity contribution >= 4 is 125 Å². The van der Waals surface area contributed by atoms with Crippen LogP contribution in [0.4, 0.5) is 43.4 Å². The molecular formula is C67H69F6N19O5S8. The molecule has 0 atom stereocenters. The molecule has 552 valence electrons. The van der Waals surface area contributed by atoms with Gasteiger partial charge in [-0.15, -0.1) is 90.7 Å². The minimum absolute atomic E-state index is 0. The van der Waals surface area contributed by atoms with Crippen molar-refractivity contribution in [1.82, 2.24) is 59.8 Å². The normalized spacial score (nSPS) is 12.7. The number of carbonyl (C=O) groups is 3. The quantitative estimate of drug-likeness (QED) is 0.0362. The van der Waals surface area contributed by atoms with Crippen LogP contribution in [0.5, 0.6) is 0 Å². The van der Waals surface area contributed by atoms with E-state index in [4.69, 9.17) is 36.8 Å². The zero-order chi connectivity index (χ0) is 74.3. The van der Waals surface area contributed by atoms with Crippen LogP contribution in [-0.2, 0) is 103 Å². The molecule has 0 spiro atoms. The van der Waals surface area contributed by atoms with Crippen LogP contribution in [0.3, 0.4) is 0 Å². The third kappa shape index (κ3) is 22.2. The van der Waals surface area contributed by atoms with Crippen molar-refractivity contribution in [1.29, 1.82) is 0 Å². The first kappa shape index (κ1) is 83.2. The highest BCUT2D eigenvalue weighted by molar-refractivity contribution is 7.18. The largest absolute Gasteiger partial charge is 0.460 e. The average Bonchev–Trinajstić information content (AvgIpc) is 1.60. The van der Waals surface area contributed by atoms with E-state index < -0.39 is 29.1 Å². The lowest BCUT2D eigenvalue weighted by Gasteiger charge is -2.38. The first-order valence-corrected chi connectivity index (χ1v) is 37.9. The standard InChI is InChI=1S/C20H17F3N6OS2.C19H15F3N6O2S2.C16H19N3O2S2.C10H10N4S2.2CH4/c1-3-16-27-13(7-24-2)18(32-16)14-10-31-17(28-14)4-15(30)11-8-29(9-11)19-25-5-12(6-26-19)20(21,22)23;1-23-5-12-17(32-16(8-29)26-12)13-9-31-15(27-13)2-14(30)10-6-28(7-10)18-24-3-11(4-25-18)19(20,21)22;1-6-12-18-10(8-17-5)15(23-12)11-9-22-13(19-11)7-14(20)21-16(2,3)4;1-3-8-13-6(4-12-2)9(16-8)7-5-15-10(11)14-7;;/h5-6,10-11H,3-4,7-9H2,1H3;3-4,9-10,29H,2,5-8H2;9H,6-8H2,1-4H3;5H,3-4H2,1H3,(H2,11,14);2*1H4. The van der Waals surface area contributed by atoms with E-state index >= 15 is 0 Å². The number of nitrogens with two attached hydrogens (primary N) is 1. The fraction of sp³-hybridized carbons (Fsp3) is 0.418. The number of aromatic nitrogens is 12. The number of nitrogens with zero attached hydrogens (tertiary/aromatic N) is 18. The molecule has 2 aliphatic heterocycles. The number of hydrogen-bond acceptors (Lipinski definition) is 28. The van der Waals surface area contributed by atoms with Gasteiger partial charge in [0.25, 0.3) is 26.2 Å². The van der Waals surface area contributed by atoms with Crippen LogP contribution < -0.4 is 15.5 Å². The van der Waals surface area contributed by atoms with Crippen molar-refractivity contribution in [3.8, 4) is 42.3 Å². The number of nitrogen functional groups attached to an aromatic ring is 1. The zero-order valence-electron chi connectivity index (χ0n) is 55.6. The molecule has 0 amide bonds. The van der Waals surface area contributed by atoms with Crippen molar-refractivity contribution in [3.63, 3.8) is 0 Å². The van der Waals surface area contributed by atoms with Crippen molar-refractivity contribution in [2.45, 2.75) is 146 Å². The number of thiazole rings is 8. The molecule has 12 heterocycles. The summed E-state index contributed by atoms with van der Waals surface area (Å²) in [5.41, 5.74) is 9.18. The number of halogens is 6. The number of ether oxygens (including phenoxy) is 1. The number of anilines is 3. The molecule has 38 heteroatoms. The Hall–Kier alpha value is -9.09. The molecular weight excluding hydrogens is 1520 g/mol. The van der Waals surface area contributed by atoms with Crippen molar-refractivity contribution < 1.29 is 50.6 Å². The highest BCUT2D eigenvalue weighted by Gasteiger charge is 2.38. The molecule has 0 radical (unpaired) electrons. The summed E-state index contributed by atoms with van der Waals surface area (Å²) in [5, 5.41) is 22.9. The molecule has 2 saturated heterocycles. The Morgan fingerprint density at radius 2 is 0.800 bits per heavy atom. The Balaban J connectivity index is 0.000000200. The molecule has 0 bridgehead atoms. The van der Waals surface area contributed by atoms with Crippen LogP contribution in [-0.4, -0.2) is 114 Å². The Morgan fingerprint density at radius 3 is 1.09 bits per heavy atom. The zero-order valence-corrected chi connectivity index (χ0v) is 62.2. The second kappa shape index (κ2) is 37.2. The average molecular weight is 1590 g/mol. The number of hydrogen-bond donors (Lipinski definition) is 2. The van der Waals surface area contributed by atoms with Gasteiger partial charge >= 0.3 is 18.3 Å². The molecule has 24 nitrogen and oxygen atoms in total. The third-order valence-corrected chi connectivity index (χ3v) is 22.7. The molecule has 2 aliphatic rings. The summed E-state index contributed by atoms with van der Waals surface area (Å²) in [6, 6.07) is 0. The highest BCUT2D eigenvalue weighted by atomic mass is 32.1. The lowest BCUT2D eigenvalue weighted by Crippen LogP contribution is -2.51. The minimum atomic E-state index is -4.49. The van der Waals surface area contributed by atoms with Gasteiger partial charge in [-0.2, -0.15) is 26.3 Å². The van der Waals surface area contributed by atoms with Gasteiger partial charge < -0.3 is 44.8 Å². The van der Waals surface area contributed by atoms with E-state index in [0.29, 0.717) is 69.1 Å². The maximum atomic E-state index is 12.6. The molecule has 2 fully saturated rings. The number of aliphatic hydroxyl groups is 1. The van der Waals surface area contributed by atoms with Gasteiger partial charge in [0.15, 0.2) is 5.13 Å². The Kier molecular flexibility index (Phi) is 29.5. The maximum Gasteiger partial charge on any atom is 0.419 e. The second-order valence-corrected chi connectivity index (χ2v) is 31.3. The van der Waals surface area contributed by atoms with Gasteiger partial charge in [-0.3, -0.25) is 14.4 Å². The molecule has 10 aromatic heterocycles. The topological polar surface area (TPSA) is 285 Å². The van der Waals surface area contributed by atoms with Crippen LogP contribution in [0.2, 0.25) is 0 Å². The van der Waals surface area contributed by atoms with Crippen LogP contribution in [0.25, 0.3) is 61.7 Å². The lowest BCUT2D eigenvalue weighted by atomic mass is 9.94. The fourth-order valence-corrected chi connectivity index (χ4v) is 16.6. The lowest BCUT2D eigenvalue weighted by molar-refractivity contribution is -0.154. The van der Waals surface area contributed by atoms with Gasteiger partial charge in [0.1, 0.15) is 60.0 Å². The van der Waals surface area contributed by atoms with Gasteiger partial charge in [0.05, 0.1) is 106 Å². The summed E-state index contributed by atoms with van der Waals surface area (Å²) in [5.74, 6) is -0.432. The molecule has 3 N–H and O–H groups in total. The molecule has 105 heavy (non-hydrogen) atoms. The summed E-state index contributed by atoms with van der Waals surface area (Å²) in [6.45, 7) is 41.8. The monoisotopic (exact) mass is 1590 g/mol. The number of aryl methyl sites for hydroxylation is 3. The number of Topliss-reactive ketones (excluding diaryl/α,β-unsaturated/α-hetero) is 2. The van der Waals surface area contributed by atoms with E-state index in [9.17, 15) is 45.8 Å². The molecule has 0 aromatic carbocycles. The Bertz CT molecular complexity index is 4580. The summed E-state index contributed by atoms with van der Waals surface area (Å²) in [7, 11) is 0. The van der Waals surface area contributed by atoms with Crippen molar-refractivity contribution in [2.75, 3.05) is 41.7 Å². The predicted octanol–water partition coefficient (Wildman–Crippen LogP) is 15.8. The smallest absolute Gasteiger partial charge is 0.419 e. The number of esters is 1. The number of rotatable bonds is 22. The molecule has 10 aromatic rings. The van der Waals surface area contributed by atoms with Crippen molar-refractivity contribution in [2.24, 2.45) is 11.8 Å². The van der Waals surface area contributed by atoms with Gasteiger partial charge in [-0.1, -0.05) is 35.6 Å². The maximum absolute atomic E-state index is 12.6. The van der Waals surface area contributed by atoms with E-state index in [0.717, 1.165) is 113 Å². The van der Waals surface area contributed by atoms with E-state index in [2.05, 4.69) is 86.1 Å². The first-order valence-electron chi connectivity index (χ1n) is 31.1. The van der Waals surface area contributed by atoms with Gasteiger partial charge in [0, 0.05) is 72.5 Å². The van der Waals surface area contributed by atoms with Crippen LogP contribution in [0.1, 0.15) is 125 Å². The second-order valence-electron chi connectivity index (χ2n) is 23.3. The van der Waals surface area contributed by atoms with Crippen molar-refractivity contribution in [3.05, 3.63) is 161 Å². The molecule has 12 rings (SSSR count). The van der Waals surface area contributed by atoms with Crippen LogP contribution in [0.15, 0.2) is 46.3 Å². The fourth-order valence-electron chi connectivity index (χ4n) is 9.58. The third-order valence-electron chi connectivity index (χ3n) is 14.6. The van der Waals surface area contributed by atoms with Crippen LogP contribution >= 0.6 is 90.7 Å². The van der Waals surface area contributed by atoms with E-state index in [1.807, 2.05) is 50.8 Å². The van der Waals surface area contributed by atoms with E-state index in [1.54, 1.807) is 37.9 Å². The van der Waals surface area contributed by atoms with Gasteiger partial charge in [0.2, 0.25) is 11.9 Å². The summed E-state index contributed by atoms with van der Waals surface area (Å²) >= 11 is 11.5. The number of aliphatic hydroxyl groups excluding tert-OH is 1. The number of ketones is 2. The summed E-state index contributed by atoms with van der Waals surface area (Å²) < 4.78 is 81.0. The predicted molar refractivity (Wildman–Crippen MR) is 398 cm³/mol. The molecule has 0 unspecified atom stereocenters. The van der Waals surface area contributed by atoms with Gasteiger partial charge in [-0.25, -0.2) is 86.1 Å². The Labute approximate surface area is 633 Å². The first-order chi connectivity index (χ1) is 49.1.